The SMILES string of the molecule is Cc1c(-c2[nH]c3cnc(C4CCC(CC5CCOCC5)CC4)c(C)c3c2C(C)C)cn2ncnc2c1C. The summed E-state index contributed by atoms with van der Waals surface area (Å²) < 4.78 is 7.48. The molecular weight excluding hydrogens is 458 g/mol. The molecule has 1 aliphatic carbocycles. The molecule has 2 fully saturated rings. The van der Waals surface area contributed by atoms with Gasteiger partial charge in [-0.3, -0.25) is 4.98 Å². The molecule has 4 aromatic rings. The average molecular weight is 500 g/mol. The van der Waals surface area contributed by atoms with E-state index in [0.717, 1.165) is 36.2 Å². The Hall–Kier alpha value is -2.73. The van der Waals surface area contributed by atoms with Crippen LogP contribution in [0.4, 0.5) is 0 Å². The van der Waals surface area contributed by atoms with E-state index in [9.17, 15) is 0 Å². The number of nitrogens with one attached hydrogen (secondary N) is 1. The van der Waals surface area contributed by atoms with E-state index < -0.39 is 0 Å². The number of hydrogen-bond donors (Lipinski definition) is 1. The first-order valence-corrected chi connectivity index (χ1v) is 14.3. The third kappa shape index (κ3) is 4.37. The summed E-state index contributed by atoms with van der Waals surface area (Å²) in [4.78, 5) is 13.3. The second-order valence-corrected chi connectivity index (χ2v) is 12.0. The maximum absolute atomic E-state index is 5.58. The smallest absolute Gasteiger partial charge is 0.158 e. The van der Waals surface area contributed by atoms with Crippen LogP contribution in [-0.4, -0.2) is 37.8 Å². The lowest BCUT2D eigenvalue weighted by molar-refractivity contribution is 0.0558. The number of pyridine rings is 2. The van der Waals surface area contributed by atoms with Gasteiger partial charge in [0.15, 0.2) is 5.65 Å². The van der Waals surface area contributed by atoms with Crippen molar-refractivity contribution in [2.45, 2.75) is 91.4 Å². The Labute approximate surface area is 220 Å². The number of aromatic nitrogens is 5. The number of ether oxygens (including phenoxy) is 1. The number of H-pyrrole nitrogens is 1. The zero-order valence-electron chi connectivity index (χ0n) is 23.1. The first kappa shape index (κ1) is 24.6. The maximum Gasteiger partial charge on any atom is 0.158 e. The van der Waals surface area contributed by atoms with Crippen molar-refractivity contribution in [2.24, 2.45) is 11.8 Å². The minimum absolute atomic E-state index is 0.388. The molecule has 37 heavy (non-hydrogen) atoms. The highest BCUT2D eigenvalue weighted by atomic mass is 16.5. The van der Waals surface area contributed by atoms with E-state index in [2.05, 4.69) is 62.1 Å². The zero-order valence-corrected chi connectivity index (χ0v) is 23.1. The van der Waals surface area contributed by atoms with E-state index in [0.29, 0.717) is 11.8 Å². The molecule has 4 aromatic heterocycles. The lowest BCUT2D eigenvalue weighted by Crippen LogP contribution is -2.21. The highest BCUT2D eigenvalue weighted by molar-refractivity contribution is 5.94. The quantitative estimate of drug-likeness (QED) is 0.310. The fourth-order valence-electron chi connectivity index (χ4n) is 7.17. The normalized spacial score (nSPS) is 21.5. The Balaban J connectivity index is 1.33. The van der Waals surface area contributed by atoms with E-state index in [-0.39, 0.29) is 0 Å². The van der Waals surface area contributed by atoms with Crippen LogP contribution in [0, 0.1) is 32.6 Å². The molecule has 1 aliphatic heterocycles. The standard InChI is InChI=1S/C31H41N5O/c1-18(2)27-28-21(5)29(24-8-6-22(7-9-24)14-23-10-12-37-13-11-23)32-15-26(28)35-30(27)25-16-36-31(33-17-34-36)20(4)19(25)3/h15-18,22-24,35H,6-14H2,1-5H3. The topological polar surface area (TPSA) is 68.1 Å². The van der Waals surface area contributed by atoms with Crippen molar-refractivity contribution in [3.63, 3.8) is 0 Å². The number of fused-ring (bicyclic) bond motifs is 2. The van der Waals surface area contributed by atoms with Crippen LogP contribution in [0.15, 0.2) is 18.7 Å². The summed E-state index contributed by atoms with van der Waals surface area (Å²) in [5, 5.41) is 5.81. The van der Waals surface area contributed by atoms with Crippen LogP contribution >= 0.6 is 0 Å². The molecule has 0 unspecified atom stereocenters. The Morgan fingerprint density at radius 3 is 2.41 bits per heavy atom. The molecular formula is C31H41N5O. The van der Waals surface area contributed by atoms with Crippen LogP contribution in [0.25, 0.3) is 27.8 Å². The lowest BCUT2D eigenvalue weighted by atomic mass is 9.75. The van der Waals surface area contributed by atoms with E-state index in [1.54, 1.807) is 6.33 Å². The molecule has 6 rings (SSSR count). The monoisotopic (exact) mass is 499 g/mol. The van der Waals surface area contributed by atoms with Crippen molar-refractivity contribution in [3.8, 4) is 11.3 Å². The number of hydrogen-bond acceptors (Lipinski definition) is 4. The predicted molar refractivity (Wildman–Crippen MR) is 149 cm³/mol. The van der Waals surface area contributed by atoms with Crippen molar-refractivity contribution < 1.29 is 4.74 Å². The molecule has 0 bridgehead atoms. The second kappa shape index (κ2) is 9.86. The van der Waals surface area contributed by atoms with Crippen molar-refractivity contribution in [1.82, 2.24) is 24.6 Å². The van der Waals surface area contributed by atoms with Gasteiger partial charge in [0.25, 0.3) is 0 Å². The van der Waals surface area contributed by atoms with Gasteiger partial charge in [0.05, 0.1) is 17.4 Å². The molecule has 1 saturated heterocycles. The zero-order chi connectivity index (χ0) is 25.7. The molecule has 6 heteroatoms. The van der Waals surface area contributed by atoms with Crippen LogP contribution in [0.5, 0.6) is 0 Å². The summed E-state index contributed by atoms with van der Waals surface area (Å²) in [5.41, 5.74) is 11.0. The third-order valence-electron chi connectivity index (χ3n) is 9.37. The van der Waals surface area contributed by atoms with Gasteiger partial charge in [-0.25, -0.2) is 9.50 Å². The van der Waals surface area contributed by atoms with Crippen molar-refractivity contribution in [1.29, 1.82) is 0 Å². The van der Waals surface area contributed by atoms with Crippen LogP contribution in [0.3, 0.4) is 0 Å². The minimum atomic E-state index is 0.388. The minimum Gasteiger partial charge on any atom is -0.381 e. The van der Waals surface area contributed by atoms with Crippen molar-refractivity contribution in [2.75, 3.05) is 13.2 Å². The largest absolute Gasteiger partial charge is 0.381 e. The first-order valence-electron chi connectivity index (χ1n) is 14.3. The molecule has 2 aliphatic rings. The van der Waals surface area contributed by atoms with Gasteiger partial charge in [0, 0.05) is 42.0 Å². The van der Waals surface area contributed by atoms with Gasteiger partial charge in [0.1, 0.15) is 6.33 Å². The van der Waals surface area contributed by atoms with Gasteiger partial charge in [-0.15, -0.1) is 0 Å². The van der Waals surface area contributed by atoms with E-state index >= 15 is 0 Å². The molecule has 0 aromatic carbocycles. The van der Waals surface area contributed by atoms with Gasteiger partial charge in [-0.2, -0.15) is 5.10 Å². The predicted octanol–water partition coefficient (Wildman–Crippen LogP) is 7.41. The third-order valence-corrected chi connectivity index (χ3v) is 9.37. The Morgan fingerprint density at radius 2 is 1.68 bits per heavy atom. The molecule has 0 atom stereocenters. The number of nitrogens with zero attached hydrogens (tertiary/aromatic N) is 4. The molecule has 0 radical (unpaired) electrons. The van der Waals surface area contributed by atoms with Crippen molar-refractivity contribution >= 4 is 16.6 Å². The molecule has 196 valence electrons. The highest BCUT2D eigenvalue weighted by Crippen LogP contribution is 2.44. The van der Waals surface area contributed by atoms with Crippen LogP contribution < -0.4 is 0 Å². The van der Waals surface area contributed by atoms with Gasteiger partial charge < -0.3 is 9.72 Å². The first-order chi connectivity index (χ1) is 17.9. The Morgan fingerprint density at radius 1 is 0.946 bits per heavy atom. The van der Waals surface area contributed by atoms with Crippen LogP contribution in [0.2, 0.25) is 0 Å². The summed E-state index contributed by atoms with van der Waals surface area (Å²) in [6.07, 6.45) is 15.0. The van der Waals surface area contributed by atoms with E-state index in [1.807, 2.05) is 4.52 Å². The van der Waals surface area contributed by atoms with Gasteiger partial charge in [-0.05, 0) is 106 Å². The molecule has 1 N–H and O–H groups in total. The highest BCUT2D eigenvalue weighted by Gasteiger charge is 2.29. The average Bonchev–Trinajstić information content (AvgIpc) is 3.53. The van der Waals surface area contributed by atoms with Gasteiger partial charge in [-0.1, -0.05) is 13.8 Å². The number of rotatable bonds is 5. The molecule has 5 heterocycles. The van der Waals surface area contributed by atoms with E-state index in [4.69, 9.17) is 9.72 Å². The summed E-state index contributed by atoms with van der Waals surface area (Å²) in [5.74, 6) is 2.72. The molecule has 6 nitrogen and oxygen atoms in total. The number of aryl methyl sites for hydroxylation is 2. The maximum atomic E-state index is 5.58. The summed E-state index contributed by atoms with van der Waals surface area (Å²) in [6.45, 7) is 13.2. The second-order valence-electron chi connectivity index (χ2n) is 12.0. The summed E-state index contributed by atoms with van der Waals surface area (Å²) >= 11 is 0. The molecule has 1 saturated carbocycles. The van der Waals surface area contributed by atoms with Crippen LogP contribution in [0.1, 0.15) is 98.6 Å². The van der Waals surface area contributed by atoms with E-state index in [1.165, 1.54) is 89.5 Å². The van der Waals surface area contributed by atoms with Gasteiger partial charge >= 0.3 is 0 Å². The summed E-state index contributed by atoms with van der Waals surface area (Å²) in [6, 6.07) is 0. The fourth-order valence-corrected chi connectivity index (χ4v) is 7.17. The fraction of sp³-hybridized carbons (Fsp3) is 0.581. The molecule has 0 amide bonds. The lowest BCUT2D eigenvalue weighted by Gasteiger charge is -2.32. The molecule has 0 spiro atoms. The van der Waals surface area contributed by atoms with Crippen LogP contribution in [-0.2, 0) is 4.74 Å². The Kier molecular flexibility index (Phi) is 6.56. The summed E-state index contributed by atoms with van der Waals surface area (Å²) in [7, 11) is 0. The number of aromatic amines is 1. The Bertz CT molecular complexity index is 1420. The van der Waals surface area contributed by atoms with Crippen molar-refractivity contribution in [3.05, 3.63) is 46.7 Å². The van der Waals surface area contributed by atoms with Gasteiger partial charge in [0.2, 0.25) is 0 Å².